The average Bonchev–Trinajstić information content (AvgIpc) is 3.44. The number of fused-ring (bicyclic) bond motifs is 2. The molecule has 0 unspecified atom stereocenters. The molecule has 10 nitrogen and oxygen atoms in total. The third-order valence-corrected chi connectivity index (χ3v) is 7.64. The fraction of sp³-hybridized carbons (Fsp3) is 0.448. The highest BCUT2D eigenvalue weighted by Gasteiger charge is 2.33. The first-order valence-corrected chi connectivity index (χ1v) is 13.1. The number of hydrogen-bond acceptors (Lipinski definition) is 9. The van der Waals surface area contributed by atoms with Crippen molar-refractivity contribution in [2.45, 2.75) is 51.2 Å². The second-order valence-electron chi connectivity index (χ2n) is 10.7. The van der Waals surface area contributed by atoms with Crippen LogP contribution < -0.4 is 19.9 Å². The van der Waals surface area contributed by atoms with Gasteiger partial charge in [-0.1, -0.05) is 11.2 Å². The molecular weight excluding hydrogens is 498 g/mol. The van der Waals surface area contributed by atoms with Gasteiger partial charge in [0.2, 0.25) is 6.79 Å². The molecule has 1 aliphatic carbocycles. The van der Waals surface area contributed by atoms with E-state index in [1.807, 2.05) is 25.2 Å². The second-order valence-corrected chi connectivity index (χ2v) is 10.7. The van der Waals surface area contributed by atoms with Crippen LogP contribution in [0.15, 0.2) is 46.3 Å². The molecule has 0 spiro atoms. The molecule has 5 rings (SSSR count). The van der Waals surface area contributed by atoms with Gasteiger partial charge in [0.05, 0.1) is 23.5 Å². The van der Waals surface area contributed by atoms with E-state index >= 15 is 0 Å². The Morgan fingerprint density at radius 2 is 2.03 bits per heavy atom. The lowest BCUT2D eigenvalue weighted by molar-refractivity contribution is -0.0520. The molecule has 39 heavy (non-hydrogen) atoms. The summed E-state index contributed by atoms with van der Waals surface area (Å²) in [6, 6.07) is 13.0. The molecule has 0 saturated heterocycles. The number of benzene rings is 1. The molecule has 2 aromatic heterocycles. The highest BCUT2D eigenvalue weighted by atomic mass is 16.7. The Labute approximate surface area is 227 Å². The first-order valence-electron chi connectivity index (χ1n) is 13.1. The molecule has 2 aliphatic rings. The summed E-state index contributed by atoms with van der Waals surface area (Å²) >= 11 is 0. The van der Waals surface area contributed by atoms with Gasteiger partial charge in [-0.15, -0.1) is 0 Å². The van der Waals surface area contributed by atoms with Gasteiger partial charge in [0.1, 0.15) is 17.3 Å². The number of nitrogens with zero attached hydrogens (tertiary/aromatic N) is 5. The van der Waals surface area contributed by atoms with Crippen LogP contribution in [0.1, 0.15) is 50.8 Å². The van der Waals surface area contributed by atoms with Crippen LogP contribution in [0.3, 0.4) is 0 Å². The molecule has 1 aliphatic heterocycles. The second kappa shape index (κ2) is 10.6. The fourth-order valence-corrected chi connectivity index (χ4v) is 5.25. The Morgan fingerprint density at radius 3 is 2.74 bits per heavy atom. The van der Waals surface area contributed by atoms with Crippen molar-refractivity contribution >= 4 is 22.4 Å². The molecule has 0 amide bonds. The Morgan fingerprint density at radius 1 is 1.26 bits per heavy atom. The molecule has 3 heterocycles. The Kier molecular flexibility index (Phi) is 7.19. The summed E-state index contributed by atoms with van der Waals surface area (Å²) in [5, 5.41) is 23.7. The normalized spacial score (nSPS) is 19.1. The standard InChI is InChI=1S/C29H33N5O5/c1-29(2,16-35)39-32-26(21-6-5-7-24-28(21)38-17-37-24)18-8-11-20(12-9-18)33(3)23-14-25(36)34(4)22-13-10-19(15-30)31-27(22)23/h5-7,10,13-14,18,20,35H,8-9,11-12,16-17H2,1-4H3/b32-26-. The number of oxime groups is 1. The lowest BCUT2D eigenvalue weighted by atomic mass is 9.80. The predicted octanol–water partition coefficient (Wildman–Crippen LogP) is 3.72. The zero-order valence-corrected chi connectivity index (χ0v) is 22.7. The minimum absolute atomic E-state index is 0.101. The van der Waals surface area contributed by atoms with E-state index < -0.39 is 5.60 Å². The highest BCUT2D eigenvalue weighted by molar-refractivity contribution is 6.05. The first kappa shape index (κ1) is 26.5. The predicted molar refractivity (Wildman–Crippen MR) is 147 cm³/mol. The van der Waals surface area contributed by atoms with Gasteiger partial charge in [0.15, 0.2) is 17.1 Å². The molecule has 0 atom stereocenters. The number of aliphatic hydroxyl groups is 1. The first-order chi connectivity index (χ1) is 18.7. The summed E-state index contributed by atoms with van der Waals surface area (Å²) < 4.78 is 12.9. The smallest absolute Gasteiger partial charge is 0.252 e. The van der Waals surface area contributed by atoms with E-state index in [-0.39, 0.29) is 30.9 Å². The molecule has 204 valence electrons. The Bertz CT molecular complexity index is 1510. The van der Waals surface area contributed by atoms with E-state index in [0.717, 1.165) is 42.6 Å². The van der Waals surface area contributed by atoms with Gasteiger partial charge in [-0.25, -0.2) is 4.98 Å². The summed E-state index contributed by atoms with van der Waals surface area (Å²) in [6.45, 7) is 3.57. The molecule has 0 bridgehead atoms. The van der Waals surface area contributed by atoms with E-state index in [9.17, 15) is 15.2 Å². The third-order valence-electron chi connectivity index (χ3n) is 7.64. The van der Waals surface area contributed by atoms with E-state index in [1.165, 1.54) is 0 Å². The maximum absolute atomic E-state index is 12.7. The monoisotopic (exact) mass is 531 g/mol. The molecular formula is C29H33N5O5. The quantitative estimate of drug-likeness (QED) is 0.362. The van der Waals surface area contributed by atoms with Gasteiger partial charge in [-0.05, 0) is 63.8 Å². The lowest BCUT2D eigenvalue weighted by Crippen LogP contribution is -2.38. The van der Waals surface area contributed by atoms with Crippen LogP contribution in [0.2, 0.25) is 0 Å². The van der Waals surface area contributed by atoms with Crippen molar-refractivity contribution in [1.82, 2.24) is 9.55 Å². The largest absolute Gasteiger partial charge is 0.454 e. The van der Waals surface area contributed by atoms with Crippen molar-refractivity contribution in [1.29, 1.82) is 5.26 Å². The molecule has 0 radical (unpaired) electrons. The van der Waals surface area contributed by atoms with Gasteiger partial charge < -0.3 is 28.9 Å². The van der Waals surface area contributed by atoms with Crippen molar-refractivity contribution in [2.75, 3.05) is 25.3 Å². The summed E-state index contributed by atoms with van der Waals surface area (Å²) in [6.07, 6.45) is 3.37. The van der Waals surface area contributed by atoms with Crippen molar-refractivity contribution in [3.8, 4) is 17.6 Å². The van der Waals surface area contributed by atoms with Crippen molar-refractivity contribution in [3.63, 3.8) is 0 Å². The van der Waals surface area contributed by atoms with Crippen LogP contribution in [-0.4, -0.2) is 52.5 Å². The summed E-state index contributed by atoms with van der Waals surface area (Å²) in [7, 11) is 3.69. The van der Waals surface area contributed by atoms with Crippen molar-refractivity contribution in [3.05, 3.63) is 58.0 Å². The van der Waals surface area contributed by atoms with E-state index in [1.54, 1.807) is 43.7 Å². The number of ether oxygens (including phenoxy) is 2. The van der Waals surface area contributed by atoms with Gasteiger partial charge >= 0.3 is 0 Å². The number of aryl methyl sites for hydroxylation is 1. The Hall–Kier alpha value is -4.10. The SMILES string of the molecule is CN(c1cc(=O)n(C)c2ccc(C#N)nc12)C1CCC(/C(=N/OC(C)(C)CO)c2cccc3c2OCO3)CC1. The fourth-order valence-electron chi connectivity index (χ4n) is 5.25. The van der Waals surface area contributed by atoms with Crippen molar-refractivity contribution in [2.24, 2.45) is 18.1 Å². The van der Waals surface area contributed by atoms with Gasteiger partial charge in [-0.2, -0.15) is 5.26 Å². The van der Waals surface area contributed by atoms with Gasteiger partial charge in [0.25, 0.3) is 5.56 Å². The number of pyridine rings is 2. The molecule has 1 N–H and O–H groups in total. The number of anilines is 1. The maximum atomic E-state index is 12.7. The summed E-state index contributed by atoms with van der Waals surface area (Å²) in [5.41, 5.74) is 3.03. The molecule has 1 saturated carbocycles. The zero-order valence-electron chi connectivity index (χ0n) is 22.7. The Balaban J connectivity index is 1.42. The van der Waals surface area contributed by atoms with Crippen LogP contribution in [0.25, 0.3) is 11.0 Å². The number of hydrogen-bond donors (Lipinski definition) is 1. The van der Waals surface area contributed by atoms with Crippen LogP contribution in [-0.2, 0) is 11.9 Å². The minimum atomic E-state index is -0.826. The molecule has 1 fully saturated rings. The van der Waals surface area contributed by atoms with Crippen LogP contribution in [0.5, 0.6) is 11.5 Å². The molecule has 3 aromatic rings. The summed E-state index contributed by atoms with van der Waals surface area (Å²) in [4.78, 5) is 25.2. The number of aromatic nitrogens is 2. The number of rotatable bonds is 7. The van der Waals surface area contributed by atoms with Crippen LogP contribution in [0.4, 0.5) is 5.69 Å². The number of nitriles is 1. The topological polar surface area (TPSA) is 122 Å². The molecule has 1 aromatic carbocycles. The lowest BCUT2D eigenvalue weighted by Gasteiger charge is -2.36. The highest BCUT2D eigenvalue weighted by Crippen LogP contribution is 2.40. The third kappa shape index (κ3) is 5.14. The maximum Gasteiger partial charge on any atom is 0.252 e. The van der Waals surface area contributed by atoms with E-state index in [0.29, 0.717) is 28.2 Å². The van der Waals surface area contributed by atoms with Gasteiger partial charge in [-0.3, -0.25) is 4.79 Å². The summed E-state index contributed by atoms with van der Waals surface area (Å²) in [5.74, 6) is 1.44. The van der Waals surface area contributed by atoms with E-state index in [4.69, 9.17) is 14.3 Å². The van der Waals surface area contributed by atoms with Gasteiger partial charge in [0, 0.05) is 37.7 Å². The number of para-hydroxylation sites is 1. The minimum Gasteiger partial charge on any atom is -0.454 e. The van der Waals surface area contributed by atoms with E-state index in [2.05, 4.69) is 21.1 Å². The zero-order chi connectivity index (χ0) is 27.7. The van der Waals surface area contributed by atoms with Crippen LogP contribution in [0, 0.1) is 17.2 Å². The van der Waals surface area contributed by atoms with Crippen LogP contribution >= 0.6 is 0 Å². The average molecular weight is 532 g/mol. The molecule has 10 heteroatoms. The van der Waals surface area contributed by atoms with Crippen molar-refractivity contribution < 1.29 is 19.4 Å². The number of aliphatic hydroxyl groups excluding tert-OH is 1.